The van der Waals surface area contributed by atoms with E-state index in [0.717, 1.165) is 55.8 Å². The van der Waals surface area contributed by atoms with Gasteiger partial charge in [-0.15, -0.1) is 0 Å². The molecule has 3 fully saturated rings. The molecule has 194 valence electrons. The summed E-state index contributed by atoms with van der Waals surface area (Å²) in [7, 11) is 0. The maximum absolute atomic E-state index is 13.5. The Kier molecular flexibility index (Phi) is 8.30. The smallest absolute Gasteiger partial charge is 0.223 e. The number of fused-ring (bicyclic) bond motifs is 5. The van der Waals surface area contributed by atoms with Crippen LogP contribution in [-0.2, 0) is 4.79 Å². The van der Waals surface area contributed by atoms with E-state index >= 15 is 0 Å². The summed E-state index contributed by atoms with van der Waals surface area (Å²) >= 11 is 3.50. The van der Waals surface area contributed by atoms with Gasteiger partial charge in [-0.3, -0.25) is 4.79 Å². The standard InChI is InChI=1S/C30H50BrNO2/c1-19(2)7-6-8-20(3)27-24(28(34)32-16-15-31)18-26-23-10-9-21-17-22(33)11-13-29(21,4)25(23)12-14-30(26,27)5/h9,19-20,22-27,33H,6-8,10-18H2,1-5H3,(H,32,34)/t20-,22+,23-,24?,25+,26+,27+,29+,30+/m1/s1. The topological polar surface area (TPSA) is 49.3 Å². The highest BCUT2D eigenvalue weighted by Gasteiger charge is 2.62. The Morgan fingerprint density at radius 1 is 1.18 bits per heavy atom. The Morgan fingerprint density at radius 3 is 2.65 bits per heavy atom. The van der Waals surface area contributed by atoms with E-state index < -0.39 is 0 Å². The third kappa shape index (κ3) is 4.81. The predicted octanol–water partition coefficient (Wildman–Crippen LogP) is 7.13. The number of hydrogen-bond donors (Lipinski definition) is 2. The summed E-state index contributed by atoms with van der Waals surface area (Å²) in [5.41, 5.74) is 2.07. The molecule has 0 radical (unpaired) electrons. The lowest BCUT2D eigenvalue weighted by Crippen LogP contribution is -2.51. The highest BCUT2D eigenvalue weighted by molar-refractivity contribution is 9.09. The minimum atomic E-state index is -0.144. The van der Waals surface area contributed by atoms with Crippen LogP contribution in [0, 0.1) is 52.3 Å². The van der Waals surface area contributed by atoms with Gasteiger partial charge in [0.15, 0.2) is 0 Å². The Labute approximate surface area is 217 Å². The summed E-state index contributed by atoms with van der Waals surface area (Å²) in [6, 6.07) is 0. The molecular weight excluding hydrogens is 486 g/mol. The van der Waals surface area contributed by atoms with Gasteiger partial charge in [0, 0.05) is 17.8 Å². The zero-order chi connectivity index (χ0) is 24.7. The van der Waals surface area contributed by atoms with Crippen LogP contribution in [0.5, 0.6) is 0 Å². The van der Waals surface area contributed by atoms with Gasteiger partial charge in [0.05, 0.1) is 6.10 Å². The molecule has 3 saturated carbocycles. The van der Waals surface area contributed by atoms with Gasteiger partial charge in [0.1, 0.15) is 0 Å². The van der Waals surface area contributed by atoms with Gasteiger partial charge in [0.25, 0.3) is 0 Å². The minimum absolute atomic E-state index is 0.144. The molecule has 9 atom stereocenters. The Balaban J connectivity index is 1.60. The van der Waals surface area contributed by atoms with Crippen molar-refractivity contribution in [2.45, 2.75) is 105 Å². The fourth-order valence-electron chi connectivity index (χ4n) is 9.37. The van der Waals surface area contributed by atoms with Crippen LogP contribution in [0.3, 0.4) is 0 Å². The highest BCUT2D eigenvalue weighted by atomic mass is 79.9. The number of nitrogens with one attached hydrogen (secondary N) is 1. The minimum Gasteiger partial charge on any atom is -0.393 e. The van der Waals surface area contributed by atoms with E-state index in [-0.39, 0.29) is 22.9 Å². The van der Waals surface area contributed by atoms with Crippen molar-refractivity contribution in [2.75, 3.05) is 11.9 Å². The number of carbonyl (C=O) groups is 1. The highest BCUT2D eigenvalue weighted by Crippen LogP contribution is 2.68. The average molecular weight is 537 g/mol. The van der Waals surface area contributed by atoms with Crippen molar-refractivity contribution >= 4 is 21.8 Å². The number of allylic oxidation sites excluding steroid dienone is 1. The second kappa shape index (κ2) is 10.6. The zero-order valence-corrected chi connectivity index (χ0v) is 24.0. The van der Waals surface area contributed by atoms with Gasteiger partial charge < -0.3 is 10.4 Å². The molecule has 1 unspecified atom stereocenters. The molecule has 0 saturated heterocycles. The lowest BCUT2D eigenvalue weighted by molar-refractivity contribution is -0.127. The third-order valence-electron chi connectivity index (χ3n) is 11.0. The van der Waals surface area contributed by atoms with Crippen LogP contribution in [0.2, 0.25) is 0 Å². The zero-order valence-electron chi connectivity index (χ0n) is 22.4. The monoisotopic (exact) mass is 535 g/mol. The summed E-state index contributed by atoms with van der Waals surface area (Å²) in [4.78, 5) is 13.5. The molecule has 0 aliphatic heterocycles. The van der Waals surface area contributed by atoms with Crippen LogP contribution < -0.4 is 5.32 Å². The molecule has 0 heterocycles. The number of rotatable bonds is 8. The second-order valence-corrected chi connectivity index (χ2v) is 14.1. The molecule has 2 N–H and O–H groups in total. The van der Waals surface area contributed by atoms with Crippen LogP contribution >= 0.6 is 15.9 Å². The SMILES string of the molecule is CC(C)CCC[C@@H](C)[C@H]1C(C(=O)NCCBr)C[C@H]2[C@@H]3CC=C4C[C@@H](O)CC[C@]4(C)[C@H]3CC[C@]12C. The lowest BCUT2D eigenvalue weighted by Gasteiger charge is -2.58. The van der Waals surface area contributed by atoms with E-state index in [0.29, 0.717) is 29.6 Å². The fraction of sp³-hybridized carbons (Fsp3) is 0.900. The van der Waals surface area contributed by atoms with Crippen LogP contribution in [0.1, 0.15) is 98.8 Å². The van der Waals surface area contributed by atoms with Gasteiger partial charge in [-0.2, -0.15) is 0 Å². The van der Waals surface area contributed by atoms with E-state index in [1.165, 1.54) is 32.1 Å². The summed E-state index contributed by atoms with van der Waals surface area (Å²) < 4.78 is 0. The van der Waals surface area contributed by atoms with Crippen molar-refractivity contribution in [3.8, 4) is 0 Å². The van der Waals surface area contributed by atoms with Crippen molar-refractivity contribution in [3.05, 3.63) is 11.6 Å². The number of halogens is 1. The summed E-state index contributed by atoms with van der Waals surface area (Å²) in [5.74, 6) is 4.38. The van der Waals surface area contributed by atoms with Crippen molar-refractivity contribution < 1.29 is 9.90 Å². The van der Waals surface area contributed by atoms with Crippen LogP contribution in [0.4, 0.5) is 0 Å². The summed E-state index contributed by atoms with van der Waals surface area (Å²) in [6.07, 6.45) is 14.0. The number of aliphatic hydroxyl groups excluding tert-OH is 1. The molecule has 0 aromatic heterocycles. The van der Waals surface area contributed by atoms with E-state index in [4.69, 9.17) is 0 Å². The Hall–Kier alpha value is -0.350. The first-order valence-corrected chi connectivity index (χ1v) is 15.4. The number of carbonyl (C=O) groups excluding carboxylic acids is 1. The van der Waals surface area contributed by atoms with E-state index in [1.54, 1.807) is 5.57 Å². The normalized spacial score (nSPS) is 42.4. The lowest BCUT2D eigenvalue weighted by atomic mass is 9.47. The summed E-state index contributed by atoms with van der Waals surface area (Å²) in [6.45, 7) is 12.9. The maximum Gasteiger partial charge on any atom is 0.223 e. The van der Waals surface area contributed by atoms with Gasteiger partial charge in [-0.25, -0.2) is 0 Å². The molecule has 4 aliphatic carbocycles. The number of hydrogen-bond acceptors (Lipinski definition) is 2. The Bertz CT molecular complexity index is 765. The van der Waals surface area contributed by atoms with Gasteiger partial charge >= 0.3 is 0 Å². The third-order valence-corrected chi connectivity index (χ3v) is 11.4. The molecule has 0 spiro atoms. The van der Waals surface area contributed by atoms with Crippen molar-refractivity contribution in [1.82, 2.24) is 5.32 Å². The van der Waals surface area contributed by atoms with Gasteiger partial charge in [0.2, 0.25) is 5.91 Å². The molecule has 1 amide bonds. The quantitative estimate of drug-likeness (QED) is 0.256. The van der Waals surface area contributed by atoms with E-state index in [1.807, 2.05) is 0 Å². The number of alkyl halides is 1. The van der Waals surface area contributed by atoms with Crippen LogP contribution in [0.25, 0.3) is 0 Å². The van der Waals surface area contributed by atoms with Crippen LogP contribution in [-0.4, -0.2) is 29.0 Å². The molecule has 0 bridgehead atoms. The van der Waals surface area contributed by atoms with E-state index in [2.05, 4.69) is 61.9 Å². The second-order valence-electron chi connectivity index (χ2n) is 13.4. The molecule has 0 aromatic rings. The number of aliphatic hydroxyl groups is 1. The summed E-state index contributed by atoms with van der Waals surface area (Å²) in [5, 5.41) is 14.4. The first-order chi connectivity index (χ1) is 16.1. The predicted molar refractivity (Wildman–Crippen MR) is 145 cm³/mol. The molecule has 4 rings (SSSR count). The molecular formula is C30H50BrNO2. The fourth-order valence-corrected chi connectivity index (χ4v) is 9.57. The van der Waals surface area contributed by atoms with Gasteiger partial charge in [-0.1, -0.05) is 81.5 Å². The molecule has 34 heavy (non-hydrogen) atoms. The van der Waals surface area contributed by atoms with Gasteiger partial charge in [-0.05, 0) is 91.3 Å². The average Bonchev–Trinajstić information content (AvgIpc) is 3.11. The van der Waals surface area contributed by atoms with Crippen LogP contribution in [0.15, 0.2) is 11.6 Å². The number of amides is 1. The van der Waals surface area contributed by atoms with E-state index in [9.17, 15) is 9.90 Å². The first kappa shape index (κ1) is 26.7. The first-order valence-electron chi connectivity index (χ1n) is 14.3. The molecule has 4 aliphatic rings. The van der Waals surface area contributed by atoms with Crippen molar-refractivity contribution in [3.63, 3.8) is 0 Å². The molecule has 0 aromatic carbocycles. The molecule has 3 nitrogen and oxygen atoms in total. The van der Waals surface area contributed by atoms with Crippen molar-refractivity contribution in [1.29, 1.82) is 0 Å². The molecule has 4 heteroatoms. The maximum atomic E-state index is 13.5. The van der Waals surface area contributed by atoms with Crippen molar-refractivity contribution in [2.24, 2.45) is 52.3 Å². The Morgan fingerprint density at radius 2 is 1.94 bits per heavy atom. The largest absolute Gasteiger partial charge is 0.393 e.